The number of aliphatic imine (C=N–C) groups is 1. The van der Waals surface area contributed by atoms with Crippen LogP contribution in [0.1, 0.15) is 44.2 Å². The normalized spacial score (nSPS) is 14.3. The molecule has 1 aromatic carbocycles. The average molecular weight is 392 g/mol. The summed E-state index contributed by atoms with van der Waals surface area (Å²) in [5.74, 6) is 1.68. The van der Waals surface area contributed by atoms with Gasteiger partial charge in [-0.15, -0.1) is 0 Å². The summed E-state index contributed by atoms with van der Waals surface area (Å²) in [6.07, 6.45) is 3.68. The molecule has 158 valence electrons. The van der Waals surface area contributed by atoms with Crippen molar-refractivity contribution in [2.45, 2.75) is 46.3 Å². The lowest BCUT2D eigenvalue weighted by atomic mass is 10.1. The lowest BCUT2D eigenvalue weighted by Gasteiger charge is -2.12. The second-order valence-corrected chi connectivity index (χ2v) is 7.06. The molecule has 0 aliphatic heterocycles. The minimum atomic E-state index is 0.601. The van der Waals surface area contributed by atoms with Crippen LogP contribution >= 0.6 is 0 Å². The van der Waals surface area contributed by atoms with E-state index in [2.05, 4.69) is 41.8 Å². The van der Waals surface area contributed by atoms with E-state index in [4.69, 9.17) is 19.2 Å². The second-order valence-electron chi connectivity index (χ2n) is 7.06. The van der Waals surface area contributed by atoms with Gasteiger partial charge in [0, 0.05) is 32.9 Å². The van der Waals surface area contributed by atoms with E-state index in [0.717, 1.165) is 56.8 Å². The number of nitrogens with one attached hydrogen (secondary N) is 2. The zero-order valence-electron chi connectivity index (χ0n) is 17.5. The Morgan fingerprint density at radius 3 is 2.64 bits per heavy atom. The van der Waals surface area contributed by atoms with Crippen molar-refractivity contribution < 1.29 is 14.2 Å². The molecule has 0 amide bonds. The molecular weight excluding hydrogens is 354 g/mol. The van der Waals surface area contributed by atoms with Crippen LogP contribution < -0.4 is 10.6 Å². The van der Waals surface area contributed by atoms with Crippen molar-refractivity contribution in [2.75, 3.05) is 46.1 Å². The zero-order chi connectivity index (χ0) is 19.9. The number of nitrogens with zero attached hydrogens (tertiary/aromatic N) is 1. The molecule has 0 radical (unpaired) electrons. The van der Waals surface area contributed by atoms with Gasteiger partial charge in [-0.05, 0) is 50.2 Å². The van der Waals surface area contributed by atoms with Crippen LogP contribution in [0, 0.1) is 5.92 Å². The van der Waals surface area contributed by atoms with Crippen LogP contribution in [-0.4, -0.2) is 52.1 Å². The van der Waals surface area contributed by atoms with Crippen LogP contribution in [0.25, 0.3) is 0 Å². The van der Waals surface area contributed by atoms with Gasteiger partial charge in [-0.25, -0.2) is 4.99 Å². The first-order valence-electron chi connectivity index (χ1n) is 10.6. The van der Waals surface area contributed by atoms with E-state index in [0.29, 0.717) is 26.4 Å². The third kappa shape index (κ3) is 10.6. The Bertz CT molecular complexity index is 562. The standard InChI is InChI=1S/C22H37N3O3/c1-3-23-22(24-11-6-12-27-17-19-9-10-19)25-16-20-7-5-8-21(15-20)18-28-14-13-26-4-2/h5,7-8,15,19H,3-4,6,9-14,16-18H2,1-2H3,(H2,23,24,25). The van der Waals surface area contributed by atoms with Crippen LogP contribution in [0.5, 0.6) is 0 Å². The Hall–Kier alpha value is -1.63. The molecular formula is C22H37N3O3. The van der Waals surface area contributed by atoms with Crippen LogP contribution in [0.15, 0.2) is 29.3 Å². The largest absolute Gasteiger partial charge is 0.381 e. The highest BCUT2D eigenvalue weighted by molar-refractivity contribution is 5.79. The predicted octanol–water partition coefficient (Wildman–Crippen LogP) is 3.11. The Morgan fingerprint density at radius 2 is 1.86 bits per heavy atom. The molecule has 1 aromatic rings. The summed E-state index contributed by atoms with van der Waals surface area (Å²) < 4.78 is 16.6. The highest BCUT2D eigenvalue weighted by Gasteiger charge is 2.20. The van der Waals surface area contributed by atoms with Gasteiger partial charge in [0.05, 0.1) is 26.4 Å². The number of rotatable bonds is 15. The van der Waals surface area contributed by atoms with Crippen molar-refractivity contribution in [3.8, 4) is 0 Å². The maximum atomic E-state index is 5.68. The van der Waals surface area contributed by atoms with Gasteiger partial charge >= 0.3 is 0 Å². The molecule has 1 fully saturated rings. The van der Waals surface area contributed by atoms with Crippen molar-refractivity contribution >= 4 is 5.96 Å². The van der Waals surface area contributed by atoms with Gasteiger partial charge in [0.25, 0.3) is 0 Å². The van der Waals surface area contributed by atoms with Gasteiger partial charge in [0.2, 0.25) is 0 Å². The smallest absolute Gasteiger partial charge is 0.191 e. The maximum Gasteiger partial charge on any atom is 0.191 e. The summed E-state index contributed by atoms with van der Waals surface area (Å²) in [7, 11) is 0. The highest BCUT2D eigenvalue weighted by Crippen LogP contribution is 2.28. The van der Waals surface area contributed by atoms with Gasteiger partial charge in [-0.2, -0.15) is 0 Å². The first kappa shape index (κ1) is 22.7. The summed E-state index contributed by atoms with van der Waals surface area (Å²) in [4.78, 5) is 4.69. The van der Waals surface area contributed by atoms with Gasteiger partial charge in [-0.1, -0.05) is 24.3 Å². The van der Waals surface area contributed by atoms with Crippen molar-refractivity contribution in [3.05, 3.63) is 35.4 Å². The summed E-state index contributed by atoms with van der Waals surface area (Å²) in [6.45, 7) is 10.8. The number of ether oxygens (including phenoxy) is 3. The van der Waals surface area contributed by atoms with E-state index in [1.165, 1.54) is 18.4 Å². The van der Waals surface area contributed by atoms with Gasteiger partial charge < -0.3 is 24.8 Å². The topological polar surface area (TPSA) is 64.1 Å². The van der Waals surface area contributed by atoms with Crippen molar-refractivity contribution in [3.63, 3.8) is 0 Å². The summed E-state index contributed by atoms with van der Waals surface area (Å²) in [6, 6.07) is 8.39. The van der Waals surface area contributed by atoms with Crippen molar-refractivity contribution in [1.82, 2.24) is 10.6 Å². The monoisotopic (exact) mass is 391 g/mol. The molecule has 28 heavy (non-hydrogen) atoms. The van der Waals surface area contributed by atoms with E-state index >= 15 is 0 Å². The van der Waals surface area contributed by atoms with Gasteiger partial charge in [0.15, 0.2) is 5.96 Å². The Morgan fingerprint density at radius 1 is 1.04 bits per heavy atom. The summed E-state index contributed by atoms with van der Waals surface area (Å²) in [5, 5.41) is 6.68. The Kier molecular flexibility index (Phi) is 11.6. The number of guanidine groups is 1. The molecule has 6 heteroatoms. The molecule has 2 rings (SSSR count). The third-order valence-electron chi connectivity index (χ3n) is 4.41. The minimum Gasteiger partial charge on any atom is -0.381 e. The van der Waals surface area contributed by atoms with E-state index in [-0.39, 0.29) is 0 Å². The molecule has 1 aliphatic carbocycles. The first-order valence-corrected chi connectivity index (χ1v) is 10.6. The quantitative estimate of drug-likeness (QED) is 0.273. The molecule has 1 aliphatic rings. The second kappa shape index (κ2) is 14.4. The molecule has 6 nitrogen and oxygen atoms in total. The zero-order valence-corrected chi connectivity index (χ0v) is 17.5. The van der Waals surface area contributed by atoms with E-state index in [1.807, 2.05) is 6.92 Å². The number of hydrogen-bond acceptors (Lipinski definition) is 4. The fourth-order valence-corrected chi connectivity index (χ4v) is 2.70. The molecule has 0 bridgehead atoms. The molecule has 0 aromatic heterocycles. The van der Waals surface area contributed by atoms with Crippen molar-refractivity contribution in [2.24, 2.45) is 10.9 Å². The molecule has 2 N–H and O–H groups in total. The van der Waals surface area contributed by atoms with Gasteiger partial charge in [0.1, 0.15) is 0 Å². The third-order valence-corrected chi connectivity index (χ3v) is 4.41. The molecule has 0 unspecified atom stereocenters. The molecule has 0 spiro atoms. The molecule has 0 heterocycles. The van der Waals surface area contributed by atoms with Crippen LogP contribution in [0.2, 0.25) is 0 Å². The highest BCUT2D eigenvalue weighted by atomic mass is 16.5. The summed E-state index contributed by atoms with van der Waals surface area (Å²) in [5.41, 5.74) is 2.34. The fraction of sp³-hybridized carbons (Fsp3) is 0.682. The number of hydrogen-bond donors (Lipinski definition) is 2. The lowest BCUT2D eigenvalue weighted by molar-refractivity contribution is 0.0453. The summed E-state index contributed by atoms with van der Waals surface area (Å²) >= 11 is 0. The van der Waals surface area contributed by atoms with Crippen LogP contribution in [0.4, 0.5) is 0 Å². The average Bonchev–Trinajstić information content (AvgIpc) is 3.53. The SMILES string of the molecule is CCNC(=NCc1cccc(COCCOCC)c1)NCCCOCC1CC1. The van der Waals surface area contributed by atoms with Gasteiger partial charge in [-0.3, -0.25) is 0 Å². The van der Waals surface area contributed by atoms with E-state index in [1.54, 1.807) is 0 Å². The predicted molar refractivity (Wildman–Crippen MR) is 114 cm³/mol. The fourth-order valence-electron chi connectivity index (χ4n) is 2.70. The van der Waals surface area contributed by atoms with Crippen molar-refractivity contribution in [1.29, 1.82) is 0 Å². The number of benzene rings is 1. The van der Waals surface area contributed by atoms with Crippen LogP contribution in [-0.2, 0) is 27.4 Å². The van der Waals surface area contributed by atoms with E-state index in [9.17, 15) is 0 Å². The Balaban J connectivity index is 1.68. The maximum absolute atomic E-state index is 5.68. The molecule has 0 atom stereocenters. The Labute approximate surface area is 170 Å². The molecule has 0 saturated heterocycles. The molecule has 1 saturated carbocycles. The van der Waals surface area contributed by atoms with Crippen LogP contribution in [0.3, 0.4) is 0 Å². The lowest BCUT2D eigenvalue weighted by Crippen LogP contribution is -2.38. The minimum absolute atomic E-state index is 0.601. The van der Waals surface area contributed by atoms with E-state index < -0.39 is 0 Å². The first-order chi connectivity index (χ1) is 13.8.